The van der Waals surface area contributed by atoms with E-state index in [0.717, 1.165) is 43.4 Å². The number of aryl methyl sites for hydroxylation is 2. The number of nitrogens with two attached hydrogens (primary N) is 2. The molecule has 0 spiro atoms. The van der Waals surface area contributed by atoms with E-state index in [-0.39, 0.29) is 26.1 Å². The molecule has 6 aromatic rings. The van der Waals surface area contributed by atoms with Crippen molar-refractivity contribution in [3.63, 3.8) is 0 Å². The molecule has 16 heteroatoms. The SMILES string of the molecule is C.C.CC1(C)OB(c2ccc(N)c(P(C)(C)=O)c2)OC1(C)C.Cn1nc(-c2ccc(N)c(P(C)(C)=O)c2)c2cccnc21.Cn1nc(Br)c2cccnc21. The van der Waals surface area contributed by atoms with Gasteiger partial charge in [-0.05, 0) is 124 Å². The first-order valence-electron chi connectivity index (χ1n) is 16.6. The average Bonchev–Trinajstić information content (AvgIpc) is 3.63. The molecule has 0 unspecified atom stereocenters. The highest BCUT2D eigenvalue weighted by Gasteiger charge is 2.51. The Morgan fingerprint density at radius 3 is 1.69 bits per heavy atom. The Labute approximate surface area is 328 Å². The van der Waals surface area contributed by atoms with E-state index in [4.69, 9.17) is 20.8 Å². The van der Waals surface area contributed by atoms with Crippen molar-refractivity contribution in [1.29, 1.82) is 0 Å². The Hall–Kier alpha value is -3.80. The summed E-state index contributed by atoms with van der Waals surface area (Å²) in [5.74, 6) is 0. The van der Waals surface area contributed by atoms with Gasteiger partial charge in [0.25, 0.3) is 0 Å². The third-order valence-corrected chi connectivity index (χ3v) is 12.9. The monoisotopic (exact) mass is 838 g/mol. The molecule has 7 rings (SSSR count). The number of hydrogen-bond acceptors (Lipinski definition) is 10. The molecule has 54 heavy (non-hydrogen) atoms. The van der Waals surface area contributed by atoms with Crippen LogP contribution in [-0.4, -0.2) is 74.5 Å². The topological polar surface area (TPSA) is 166 Å². The summed E-state index contributed by atoms with van der Waals surface area (Å²) in [6.45, 7) is 14.9. The Morgan fingerprint density at radius 1 is 0.704 bits per heavy atom. The molecule has 1 aliphatic rings. The molecule has 2 aromatic carbocycles. The highest BCUT2D eigenvalue weighted by Crippen LogP contribution is 2.40. The molecule has 4 N–H and O–H groups in total. The van der Waals surface area contributed by atoms with Crippen LogP contribution in [0.1, 0.15) is 42.5 Å². The molecule has 5 heterocycles. The second-order valence-corrected chi connectivity index (χ2v) is 21.6. The van der Waals surface area contributed by atoms with E-state index in [2.05, 4.69) is 36.1 Å². The molecule has 12 nitrogen and oxygen atoms in total. The molecule has 0 amide bonds. The Bertz CT molecular complexity index is 2310. The van der Waals surface area contributed by atoms with Crippen molar-refractivity contribution in [3.8, 4) is 11.3 Å². The molecule has 0 aliphatic carbocycles. The van der Waals surface area contributed by atoms with Gasteiger partial charge in [-0.2, -0.15) is 10.2 Å². The highest BCUT2D eigenvalue weighted by molar-refractivity contribution is 9.10. The van der Waals surface area contributed by atoms with Crippen LogP contribution >= 0.6 is 30.2 Å². The summed E-state index contributed by atoms with van der Waals surface area (Å²) in [4.78, 5) is 8.51. The van der Waals surface area contributed by atoms with Gasteiger partial charge in [-0.1, -0.05) is 27.0 Å². The standard InChI is InChI=1S/C15H17N4OP.C14H23BNO3P.C7H6BrN3.2CH4/c1-19-15-11(5-4-8-17-15)14(18-19)10-6-7-12(16)13(9-10)21(2,3)20;1-13(2)14(3,4)19-15(18-13)10-7-8-11(16)12(9-10)20(5,6)17;1-11-7-5(6(8)10-11)3-2-4-9-7;;/h4-9H,16H2,1-3H3;7-9H,16H2,1-6H3;2-4H,1H3;2*1H4. The molecule has 0 bridgehead atoms. The van der Waals surface area contributed by atoms with E-state index < -0.39 is 21.4 Å². The molecular weight excluding hydrogens is 785 g/mol. The van der Waals surface area contributed by atoms with Gasteiger partial charge in [-0.15, -0.1) is 0 Å². The third kappa shape index (κ3) is 9.35. The maximum absolute atomic E-state index is 12.4. The van der Waals surface area contributed by atoms with Gasteiger partial charge in [-0.25, -0.2) is 19.3 Å². The first-order chi connectivity index (χ1) is 24.1. The van der Waals surface area contributed by atoms with Crippen LogP contribution in [0.3, 0.4) is 0 Å². The van der Waals surface area contributed by atoms with E-state index in [9.17, 15) is 9.13 Å². The van der Waals surface area contributed by atoms with E-state index in [0.29, 0.717) is 22.0 Å². The third-order valence-electron chi connectivity index (χ3n) is 9.20. The maximum Gasteiger partial charge on any atom is 0.494 e. The van der Waals surface area contributed by atoms with Crippen molar-refractivity contribution in [3.05, 3.63) is 77.7 Å². The Balaban J connectivity index is 0.000000223. The van der Waals surface area contributed by atoms with Crippen molar-refractivity contribution in [2.75, 3.05) is 38.1 Å². The summed E-state index contributed by atoms with van der Waals surface area (Å²) in [5, 5.41) is 12.1. The number of nitrogen functional groups attached to an aromatic ring is 2. The summed E-state index contributed by atoms with van der Waals surface area (Å²) in [5.41, 5.74) is 16.5. The number of pyridine rings is 2. The molecule has 4 aromatic heterocycles. The van der Waals surface area contributed by atoms with Gasteiger partial charge in [0.1, 0.15) is 24.6 Å². The molecule has 0 radical (unpaired) electrons. The van der Waals surface area contributed by atoms with Crippen LogP contribution in [0.2, 0.25) is 0 Å². The van der Waals surface area contributed by atoms with Crippen LogP contribution in [0.15, 0.2) is 77.7 Å². The molecule has 1 aliphatic heterocycles. The number of benzene rings is 2. The van der Waals surface area contributed by atoms with Crippen molar-refractivity contribution in [2.45, 2.75) is 53.8 Å². The highest BCUT2D eigenvalue weighted by atomic mass is 79.9. The lowest BCUT2D eigenvalue weighted by Crippen LogP contribution is -2.41. The van der Waals surface area contributed by atoms with E-state index >= 15 is 0 Å². The lowest BCUT2D eigenvalue weighted by Gasteiger charge is -2.32. The minimum atomic E-state index is -2.43. The van der Waals surface area contributed by atoms with Crippen LogP contribution in [0.25, 0.3) is 33.3 Å². The van der Waals surface area contributed by atoms with Crippen molar-refractivity contribution >= 4 is 86.8 Å². The zero-order valence-electron chi connectivity index (χ0n) is 31.2. The van der Waals surface area contributed by atoms with Crippen LogP contribution in [0.5, 0.6) is 0 Å². The second kappa shape index (κ2) is 16.5. The van der Waals surface area contributed by atoms with Crippen LogP contribution < -0.4 is 27.5 Å². The van der Waals surface area contributed by atoms with Gasteiger partial charge in [0.2, 0.25) is 0 Å². The minimum Gasteiger partial charge on any atom is -0.399 e. The quantitative estimate of drug-likeness (QED) is 0.105. The fraction of sp³-hybridized carbons (Fsp3) is 0.368. The zero-order chi connectivity index (χ0) is 38.4. The van der Waals surface area contributed by atoms with E-state index in [1.165, 1.54) is 0 Å². The predicted octanol–water partition coefficient (Wildman–Crippen LogP) is 7.28. The number of nitrogens with zero attached hydrogens (tertiary/aromatic N) is 6. The maximum atomic E-state index is 12.4. The fourth-order valence-electron chi connectivity index (χ4n) is 5.66. The molecule has 0 atom stereocenters. The number of fused-ring (bicyclic) bond motifs is 2. The first-order valence-corrected chi connectivity index (χ1v) is 22.6. The zero-order valence-corrected chi connectivity index (χ0v) is 34.6. The Kier molecular flexibility index (Phi) is 13.6. The normalized spacial score (nSPS) is 14.7. The van der Waals surface area contributed by atoms with Crippen molar-refractivity contribution in [2.24, 2.45) is 14.1 Å². The molecular formula is C38H54BBrN8O4P2. The fourth-order valence-corrected chi connectivity index (χ4v) is 8.51. The summed E-state index contributed by atoms with van der Waals surface area (Å²) in [6, 6.07) is 18.8. The minimum absolute atomic E-state index is 0. The van der Waals surface area contributed by atoms with E-state index in [1.54, 1.807) is 60.5 Å². The number of hydrogen-bond donors (Lipinski definition) is 2. The summed E-state index contributed by atoms with van der Waals surface area (Å²) >= 11 is 3.35. The largest absolute Gasteiger partial charge is 0.494 e. The number of aromatic nitrogens is 6. The van der Waals surface area contributed by atoms with Gasteiger partial charge in [-0.3, -0.25) is 0 Å². The van der Waals surface area contributed by atoms with Gasteiger partial charge >= 0.3 is 7.12 Å². The number of rotatable bonds is 4. The van der Waals surface area contributed by atoms with Crippen LogP contribution in [0, 0.1) is 0 Å². The average molecular weight is 840 g/mol. The first kappa shape index (κ1) is 44.6. The molecule has 0 saturated carbocycles. The lowest BCUT2D eigenvalue weighted by molar-refractivity contribution is 0.00578. The van der Waals surface area contributed by atoms with Crippen LogP contribution in [0.4, 0.5) is 11.4 Å². The predicted molar refractivity (Wildman–Crippen MR) is 233 cm³/mol. The van der Waals surface area contributed by atoms with Crippen molar-refractivity contribution in [1.82, 2.24) is 29.5 Å². The number of halogens is 1. The Morgan fingerprint density at radius 2 is 1.17 bits per heavy atom. The summed E-state index contributed by atoms with van der Waals surface area (Å²) < 4.78 is 41.0. The molecule has 1 fully saturated rings. The van der Waals surface area contributed by atoms with Crippen molar-refractivity contribution < 1.29 is 18.4 Å². The molecule has 1 saturated heterocycles. The second-order valence-electron chi connectivity index (χ2n) is 14.5. The van der Waals surface area contributed by atoms with E-state index in [1.807, 2.05) is 90.3 Å². The smallest absolute Gasteiger partial charge is 0.399 e. The molecule has 290 valence electrons. The van der Waals surface area contributed by atoms with Gasteiger partial charge in [0.05, 0.1) is 16.6 Å². The lowest BCUT2D eigenvalue weighted by atomic mass is 9.79. The summed E-state index contributed by atoms with van der Waals surface area (Å²) in [7, 11) is -1.57. The van der Waals surface area contributed by atoms with Crippen LogP contribution in [-0.2, 0) is 32.5 Å². The van der Waals surface area contributed by atoms with Gasteiger partial charge in [0.15, 0.2) is 11.3 Å². The number of anilines is 2. The van der Waals surface area contributed by atoms with Gasteiger partial charge < -0.3 is 29.9 Å². The van der Waals surface area contributed by atoms with Gasteiger partial charge in [0, 0.05) is 59.4 Å². The summed E-state index contributed by atoms with van der Waals surface area (Å²) in [6.07, 6.45) is 3.50.